The second kappa shape index (κ2) is 16.4. The standard InChI is InChI=1S/C22H20BN2.C22H22BN2.Pt/c1-16-14-17(2)22(18(3)15-16)23-11-13-25(21-10-6-7-12-24-21)20-9-5-4-8-19(20)23;1-6-19-20(7-2)25(21-10-8-9-12-24-21)13-11-23(19)22-17(4)14-16(3)15-18(22)5;/h4-12,14-15H,1-3H3;6-12,14-15H,1-2H2,3-5H3;/q2*-1;+2. The van der Waals surface area contributed by atoms with Crippen molar-refractivity contribution >= 4 is 47.1 Å². The number of allylic oxidation sites excluding steroid dienone is 3. The van der Waals surface area contributed by atoms with Crippen LogP contribution in [0.1, 0.15) is 33.4 Å². The molecule has 2 aromatic heterocycles. The van der Waals surface area contributed by atoms with E-state index >= 15 is 0 Å². The summed E-state index contributed by atoms with van der Waals surface area (Å²) in [4.78, 5) is 12.9. The minimum absolute atomic E-state index is 0. The summed E-state index contributed by atoms with van der Waals surface area (Å²) in [5.74, 6) is 5.98. The number of hydrogen-bond acceptors (Lipinski definition) is 4. The van der Waals surface area contributed by atoms with Crippen LogP contribution >= 0.6 is 0 Å². The molecule has 0 radical (unpaired) electrons. The number of rotatable bonds is 6. The maximum atomic E-state index is 4.49. The Morgan fingerprint density at radius 2 is 1.06 bits per heavy atom. The molecule has 4 nitrogen and oxygen atoms in total. The zero-order valence-corrected chi connectivity index (χ0v) is 32.5. The van der Waals surface area contributed by atoms with Gasteiger partial charge in [-0.15, -0.1) is 54.5 Å². The summed E-state index contributed by atoms with van der Waals surface area (Å²) in [7, 11) is 0. The summed E-state index contributed by atoms with van der Waals surface area (Å²) in [6, 6.07) is 29.4. The number of hydrogen-bond donors (Lipinski definition) is 0. The molecule has 7 rings (SSSR count). The monoisotopic (exact) mass is 843 g/mol. The van der Waals surface area contributed by atoms with Crippen LogP contribution in [0.5, 0.6) is 0 Å². The molecule has 0 N–H and O–H groups in total. The van der Waals surface area contributed by atoms with Crippen LogP contribution < -0.4 is 26.2 Å². The molecule has 0 fully saturated rings. The zero-order chi connectivity index (χ0) is 35.4. The Bertz CT molecular complexity index is 2090. The van der Waals surface area contributed by atoms with E-state index in [1.54, 1.807) is 6.20 Å². The zero-order valence-electron chi connectivity index (χ0n) is 30.2. The van der Waals surface area contributed by atoms with Crippen molar-refractivity contribution < 1.29 is 21.1 Å². The number of anilines is 3. The van der Waals surface area contributed by atoms with Crippen LogP contribution in [0.15, 0.2) is 146 Å². The van der Waals surface area contributed by atoms with E-state index < -0.39 is 0 Å². The summed E-state index contributed by atoms with van der Waals surface area (Å²) < 4.78 is 0. The van der Waals surface area contributed by atoms with Crippen molar-refractivity contribution in [3.05, 3.63) is 192 Å². The second-order valence-electron chi connectivity index (χ2n) is 13.0. The average molecular weight is 844 g/mol. The second-order valence-corrected chi connectivity index (χ2v) is 13.0. The summed E-state index contributed by atoms with van der Waals surface area (Å²) in [6.45, 7) is 21.5. The van der Waals surface area contributed by atoms with Crippen LogP contribution in [0.3, 0.4) is 0 Å². The fourth-order valence-electron chi connectivity index (χ4n) is 7.49. The summed E-state index contributed by atoms with van der Waals surface area (Å²) >= 11 is 0. The van der Waals surface area contributed by atoms with Gasteiger partial charge in [-0.25, -0.2) is 0 Å². The number of benzene rings is 3. The Kier molecular flexibility index (Phi) is 12.0. The van der Waals surface area contributed by atoms with Gasteiger partial charge in [0.25, 0.3) is 0 Å². The third-order valence-electron chi connectivity index (χ3n) is 9.39. The summed E-state index contributed by atoms with van der Waals surface area (Å²) in [5.41, 5.74) is 15.1. The third kappa shape index (κ3) is 7.72. The number of nitrogens with zero attached hydrogens (tertiary/aromatic N) is 4. The van der Waals surface area contributed by atoms with Gasteiger partial charge in [0.2, 0.25) is 13.4 Å². The quantitative estimate of drug-likeness (QED) is 0.129. The predicted molar refractivity (Wildman–Crippen MR) is 214 cm³/mol. The topological polar surface area (TPSA) is 32.3 Å². The van der Waals surface area contributed by atoms with Gasteiger partial charge >= 0.3 is 21.1 Å². The van der Waals surface area contributed by atoms with Crippen molar-refractivity contribution in [1.29, 1.82) is 0 Å². The first kappa shape index (κ1) is 37.3. The maximum Gasteiger partial charge on any atom is 2.00 e. The Hall–Kier alpha value is -4.92. The fraction of sp³-hybridized carbons (Fsp3) is 0.136. The van der Waals surface area contributed by atoms with Gasteiger partial charge in [0, 0.05) is 24.0 Å². The molecule has 0 atom stereocenters. The van der Waals surface area contributed by atoms with E-state index in [1.165, 1.54) is 49.8 Å². The first-order chi connectivity index (χ1) is 24.2. The molecular weight excluding hydrogens is 801 g/mol. The summed E-state index contributed by atoms with van der Waals surface area (Å²) in [6.07, 6.45) is 14.2. The van der Waals surface area contributed by atoms with Crippen LogP contribution in [0.4, 0.5) is 17.3 Å². The Morgan fingerprint density at radius 1 is 0.588 bits per heavy atom. The molecule has 0 amide bonds. The third-order valence-corrected chi connectivity index (χ3v) is 9.39. The van der Waals surface area contributed by atoms with E-state index in [0.29, 0.717) is 0 Å². The van der Waals surface area contributed by atoms with Crippen LogP contribution in [0, 0.1) is 53.9 Å². The molecule has 0 saturated carbocycles. The van der Waals surface area contributed by atoms with Gasteiger partial charge < -0.3 is 19.8 Å². The Labute approximate surface area is 319 Å². The van der Waals surface area contributed by atoms with E-state index in [4.69, 9.17) is 0 Å². The predicted octanol–water partition coefficient (Wildman–Crippen LogP) is 7.87. The van der Waals surface area contributed by atoms with Crippen LogP contribution in [-0.4, -0.2) is 23.4 Å². The van der Waals surface area contributed by atoms with Crippen molar-refractivity contribution in [3.63, 3.8) is 0 Å². The Balaban J connectivity index is 0.000000194. The Morgan fingerprint density at radius 3 is 1.57 bits per heavy atom. The minimum atomic E-state index is 0. The molecule has 2 aliphatic heterocycles. The molecular formula is C44H42B2N4Pt. The normalized spacial score (nSPS) is 13.3. The molecule has 0 spiro atoms. The van der Waals surface area contributed by atoms with Gasteiger partial charge in [0.05, 0.1) is 0 Å². The molecule has 4 heterocycles. The molecule has 254 valence electrons. The van der Waals surface area contributed by atoms with Crippen LogP contribution in [0.25, 0.3) is 0 Å². The van der Waals surface area contributed by atoms with Gasteiger partial charge in [-0.3, -0.25) is 0 Å². The smallest absolute Gasteiger partial charge is 0.465 e. The minimum Gasteiger partial charge on any atom is -0.465 e. The number of para-hydroxylation sites is 1. The van der Waals surface area contributed by atoms with Crippen molar-refractivity contribution in [2.24, 2.45) is 0 Å². The SMILES string of the molecule is C=CC1=C(C=C)N(c2ccccn2)[C-]=CB1c1c(C)cc(C)cc1C.Cc1cc(C)c(B2C=[C-]N(c3ccccn3)c3ccccc32)c(C)c1.[Pt+2]. The number of aryl methyl sites for hydroxylation is 6. The molecule has 5 aromatic rings. The van der Waals surface area contributed by atoms with Crippen molar-refractivity contribution in [1.82, 2.24) is 9.97 Å². The molecule has 0 bridgehead atoms. The molecule has 51 heavy (non-hydrogen) atoms. The van der Waals surface area contributed by atoms with Crippen molar-refractivity contribution in [3.8, 4) is 0 Å². The number of pyridine rings is 2. The number of fused-ring (bicyclic) bond motifs is 1. The fourth-order valence-corrected chi connectivity index (χ4v) is 7.49. The maximum absolute atomic E-state index is 4.49. The first-order valence-corrected chi connectivity index (χ1v) is 17.1. The average Bonchev–Trinajstić information content (AvgIpc) is 3.11. The van der Waals surface area contributed by atoms with Gasteiger partial charge in [0.1, 0.15) is 0 Å². The molecule has 0 aliphatic carbocycles. The van der Waals surface area contributed by atoms with Gasteiger partial charge in [-0.1, -0.05) is 135 Å². The molecule has 3 aromatic carbocycles. The largest absolute Gasteiger partial charge is 2.00 e. The van der Waals surface area contributed by atoms with E-state index in [0.717, 1.165) is 28.5 Å². The van der Waals surface area contributed by atoms with Gasteiger partial charge in [-0.2, -0.15) is 0 Å². The van der Waals surface area contributed by atoms with E-state index in [2.05, 4.69) is 138 Å². The van der Waals surface area contributed by atoms with Crippen LogP contribution in [-0.2, 0) is 21.1 Å². The number of aromatic nitrogens is 2. The molecule has 0 unspecified atom stereocenters. The van der Waals surface area contributed by atoms with Crippen molar-refractivity contribution in [2.45, 2.75) is 41.5 Å². The van der Waals surface area contributed by atoms with E-state index in [9.17, 15) is 0 Å². The molecule has 7 heteroatoms. The van der Waals surface area contributed by atoms with E-state index in [-0.39, 0.29) is 34.5 Å². The van der Waals surface area contributed by atoms with Crippen molar-refractivity contribution in [2.75, 3.05) is 9.80 Å². The first-order valence-electron chi connectivity index (χ1n) is 17.1. The molecule has 2 aliphatic rings. The van der Waals surface area contributed by atoms with Gasteiger partial charge in [-0.05, 0) is 53.7 Å². The van der Waals surface area contributed by atoms with E-state index in [1.807, 2.05) is 64.5 Å². The van der Waals surface area contributed by atoms with Crippen LogP contribution in [0.2, 0.25) is 0 Å². The van der Waals surface area contributed by atoms with Gasteiger partial charge in [0.15, 0.2) is 0 Å². The summed E-state index contributed by atoms with van der Waals surface area (Å²) in [5, 5.41) is 0. The molecule has 0 saturated heterocycles.